The van der Waals surface area contributed by atoms with Crippen molar-refractivity contribution in [1.29, 1.82) is 0 Å². The maximum absolute atomic E-state index is 12.7. The number of aryl methyl sites for hydroxylation is 1. The lowest BCUT2D eigenvalue weighted by Crippen LogP contribution is -2.38. The lowest BCUT2D eigenvalue weighted by atomic mass is 10.1. The van der Waals surface area contributed by atoms with E-state index in [1.165, 1.54) is 5.56 Å². The minimum absolute atomic E-state index is 0.0224. The molecule has 6 nitrogen and oxygen atoms in total. The van der Waals surface area contributed by atoms with E-state index in [0.29, 0.717) is 5.69 Å². The van der Waals surface area contributed by atoms with Crippen LogP contribution in [0.3, 0.4) is 0 Å². The van der Waals surface area contributed by atoms with Crippen LogP contribution >= 0.6 is 0 Å². The standard InChI is InChI=1S/C24H26N4O2/c1-17-7-9-19(10-8-17)22-23(18(2)29)28-21-6-4-3-5-20(21)27(24(28)25-22)12-11-26-13-15-30-16-14-26/h3-10H,11-16H2,1-2H3. The van der Waals surface area contributed by atoms with Gasteiger partial charge in [-0.1, -0.05) is 42.0 Å². The topological polar surface area (TPSA) is 51.8 Å². The van der Waals surface area contributed by atoms with Crippen molar-refractivity contribution < 1.29 is 9.53 Å². The fraction of sp³-hybridized carbons (Fsp3) is 0.333. The first-order chi connectivity index (χ1) is 14.6. The van der Waals surface area contributed by atoms with E-state index in [9.17, 15) is 4.79 Å². The van der Waals surface area contributed by atoms with E-state index in [0.717, 1.165) is 67.5 Å². The van der Waals surface area contributed by atoms with Gasteiger partial charge in [-0.25, -0.2) is 4.98 Å². The maximum atomic E-state index is 12.7. The summed E-state index contributed by atoms with van der Waals surface area (Å²) < 4.78 is 9.76. The lowest BCUT2D eigenvalue weighted by Gasteiger charge is -2.26. The van der Waals surface area contributed by atoms with Gasteiger partial charge in [0.1, 0.15) is 11.4 Å². The second kappa shape index (κ2) is 7.70. The number of para-hydroxylation sites is 2. The smallest absolute Gasteiger partial charge is 0.216 e. The molecule has 0 unspecified atom stereocenters. The molecule has 0 atom stereocenters. The molecule has 1 fully saturated rings. The van der Waals surface area contributed by atoms with E-state index < -0.39 is 0 Å². The van der Waals surface area contributed by atoms with Crippen LogP contribution < -0.4 is 0 Å². The third-order valence-corrected chi connectivity index (χ3v) is 5.92. The highest BCUT2D eigenvalue weighted by Gasteiger charge is 2.24. The monoisotopic (exact) mass is 402 g/mol. The predicted octanol–water partition coefficient (Wildman–Crippen LogP) is 3.80. The van der Waals surface area contributed by atoms with Crippen LogP contribution in [-0.4, -0.2) is 57.5 Å². The number of ether oxygens (including phenoxy) is 1. The molecule has 0 aliphatic carbocycles. The van der Waals surface area contributed by atoms with Gasteiger partial charge in [-0.3, -0.25) is 14.1 Å². The number of Topliss-reactive ketones (excluding diaryl/α,β-unsaturated/α-hetero) is 1. The fourth-order valence-corrected chi connectivity index (χ4v) is 4.33. The Morgan fingerprint density at radius 2 is 1.70 bits per heavy atom. The largest absolute Gasteiger partial charge is 0.379 e. The summed E-state index contributed by atoms with van der Waals surface area (Å²) in [6, 6.07) is 16.5. The van der Waals surface area contributed by atoms with Crippen LogP contribution in [0.2, 0.25) is 0 Å². The number of hydrogen-bond donors (Lipinski definition) is 0. The molecule has 0 N–H and O–H groups in total. The zero-order valence-electron chi connectivity index (χ0n) is 17.5. The zero-order chi connectivity index (χ0) is 20.7. The van der Waals surface area contributed by atoms with E-state index in [2.05, 4.69) is 40.7 Å². The van der Waals surface area contributed by atoms with Gasteiger partial charge < -0.3 is 9.30 Å². The van der Waals surface area contributed by atoms with E-state index in [1.54, 1.807) is 6.92 Å². The number of carbonyl (C=O) groups excluding carboxylic acids is 1. The van der Waals surface area contributed by atoms with Gasteiger partial charge in [0.25, 0.3) is 0 Å². The molecule has 6 heteroatoms. The quantitative estimate of drug-likeness (QED) is 0.477. The number of carbonyl (C=O) groups is 1. The van der Waals surface area contributed by atoms with Crippen LogP contribution in [0.1, 0.15) is 23.0 Å². The van der Waals surface area contributed by atoms with Crippen molar-refractivity contribution in [2.24, 2.45) is 0 Å². The van der Waals surface area contributed by atoms with Crippen LogP contribution in [0.4, 0.5) is 0 Å². The SMILES string of the molecule is CC(=O)c1c(-c2ccc(C)cc2)nc2n(CCN3CCOCC3)c3ccccc3n12. The minimum atomic E-state index is 0.0224. The van der Waals surface area contributed by atoms with Crippen molar-refractivity contribution in [3.8, 4) is 11.3 Å². The van der Waals surface area contributed by atoms with Crippen LogP contribution in [0.5, 0.6) is 0 Å². The summed E-state index contributed by atoms with van der Waals surface area (Å²) in [7, 11) is 0. The van der Waals surface area contributed by atoms with Gasteiger partial charge >= 0.3 is 0 Å². The number of hydrogen-bond acceptors (Lipinski definition) is 4. The molecule has 5 rings (SSSR count). The zero-order valence-corrected chi connectivity index (χ0v) is 17.5. The molecule has 0 saturated carbocycles. The van der Waals surface area contributed by atoms with Crippen LogP contribution in [0.25, 0.3) is 28.1 Å². The first-order valence-corrected chi connectivity index (χ1v) is 10.5. The van der Waals surface area contributed by atoms with E-state index in [4.69, 9.17) is 9.72 Å². The molecule has 154 valence electrons. The van der Waals surface area contributed by atoms with Crippen molar-refractivity contribution in [2.75, 3.05) is 32.8 Å². The molecule has 0 bridgehead atoms. The highest BCUT2D eigenvalue weighted by molar-refractivity contribution is 6.01. The number of benzene rings is 2. The van der Waals surface area contributed by atoms with Crippen molar-refractivity contribution >= 4 is 22.6 Å². The minimum Gasteiger partial charge on any atom is -0.379 e. The predicted molar refractivity (Wildman–Crippen MR) is 118 cm³/mol. The number of rotatable bonds is 5. The fourth-order valence-electron chi connectivity index (χ4n) is 4.33. The van der Waals surface area contributed by atoms with Crippen molar-refractivity contribution in [1.82, 2.24) is 18.9 Å². The van der Waals surface area contributed by atoms with Crippen molar-refractivity contribution in [3.63, 3.8) is 0 Å². The Labute approximate surface area is 175 Å². The number of nitrogens with zero attached hydrogens (tertiary/aromatic N) is 4. The average Bonchev–Trinajstić information content (AvgIpc) is 3.29. The summed E-state index contributed by atoms with van der Waals surface area (Å²) in [5.41, 5.74) is 5.68. The lowest BCUT2D eigenvalue weighted by molar-refractivity contribution is 0.0366. The van der Waals surface area contributed by atoms with Gasteiger partial charge in [0.15, 0.2) is 5.78 Å². The third kappa shape index (κ3) is 3.22. The second-order valence-electron chi connectivity index (χ2n) is 7.96. The van der Waals surface area contributed by atoms with Crippen LogP contribution in [-0.2, 0) is 11.3 Å². The number of imidazole rings is 2. The van der Waals surface area contributed by atoms with Gasteiger partial charge in [-0.2, -0.15) is 0 Å². The Kier molecular flexibility index (Phi) is 4.89. The molecule has 3 heterocycles. The molecule has 1 saturated heterocycles. The Bertz CT molecular complexity index is 1210. The molecule has 2 aromatic carbocycles. The van der Waals surface area contributed by atoms with E-state index in [-0.39, 0.29) is 5.78 Å². The molecule has 1 aliphatic rings. The molecule has 0 spiro atoms. The van der Waals surface area contributed by atoms with E-state index >= 15 is 0 Å². The molecular weight excluding hydrogens is 376 g/mol. The highest BCUT2D eigenvalue weighted by Crippen LogP contribution is 2.30. The Balaban J connectivity index is 1.67. The molecule has 30 heavy (non-hydrogen) atoms. The second-order valence-corrected chi connectivity index (χ2v) is 7.96. The summed E-state index contributed by atoms with van der Waals surface area (Å²) in [4.78, 5) is 20.2. The molecule has 0 amide bonds. The van der Waals surface area contributed by atoms with Crippen LogP contribution in [0.15, 0.2) is 48.5 Å². The molecule has 2 aromatic heterocycles. The Morgan fingerprint density at radius 3 is 2.40 bits per heavy atom. The number of aromatic nitrogens is 3. The third-order valence-electron chi connectivity index (χ3n) is 5.92. The van der Waals surface area contributed by atoms with E-state index in [1.807, 2.05) is 28.7 Å². The normalized spacial score (nSPS) is 15.3. The van der Waals surface area contributed by atoms with Crippen molar-refractivity contribution in [2.45, 2.75) is 20.4 Å². The first kappa shape index (κ1) is 19.0. The molecular formula is C24H26N4O2. The van der Waals surface area contributed by atoms with Crippen LogP contribution in [0, 0.1) is 6.92 Å². The van der Waals surface area contributed by atoms with Gasteiger partial charge in [0.2, 0.25) is 5.78 Å². The maximum Gasteiger partial charge on any atom is 0.216 e. The summed E-state index contributed by atoms with van der Waals surface area (Å²) in [6.45, 7) is 8.93. The van der Waals surface area contributed by atoms with Gasteiger partial charge in [-0.15, -0.1) is 0 Å². The number of morpholine rings is 1. The highest BCUT2D eigenvalue weighted by atomic mass is 16.5. The summed E-state index contributed by atoms with van der Waals surface area (Å²) >= 11 is 0. The molecule has 1 aliphatic heterocycles. The van der Waals surface area contributed by atoms with Crippen molar-refractivity contribution in [3.05, 3.63) is 59.8 Å². The number of fused-ring (bicyclic) bond motifs is 3. The molecule has 4 aromatic rings. The Morgan fingerprint density at radius 1 is 1.00 bits per heavy atom. The van der Waals surface area contributed by atoms with Gasteiger partial charge in [0, 0.05) is 38.7 Å². The van der Waals surface area contributed by atoms with Gasteiger partial charge in [-0.05, 0) is 19.1 Å². The number of ketones is 1. The summed E-state index contributed by atoms with van der Waals surface area (Å²) in [6.07, 6.45) is 0. The first-order valence-electron chi connectivity index (χ1n) is 10.5. The summed E-state index contributed by atoms with van der Waals surface area (Å²) in [5.74, 6) is 0.847. The van der Waals surface area contributed by atoms with Gasteiger partial charge in [0.05, 0.1) is 24.2 Å². The summed E-state index contributed by atoms with van der Waals surface area (Å²) in [5, 5.41) is 0. The molecule has 0 radical (unpaired) electrons. The average molecular weight is 402 g/mol. The Hall–Kier alpha value is -2.96.